The summed E-state index contributed by atoms with van der Waals surface area (Å²) in [5, 5.41) is 0.912. The van der Waals surface area contributed by atoms with Gasteiger partial charge in [0.15, 0.2) is 5.11 Å². The first-order chi connectivity index (χ1) is 6.79. The first-order valence-electron chi connectivity index (χ1n) is 4.44. The maximum atomic E-state index is 5.37. The highest BCUT2D eigenvalue weighted by Gasteiger charge is 2.20. The van der Waals surface area contributed by atoms with Crippen molar-refractivity contribution in [3.05, 3.63) is 30.3 Å². The number of para-hydroxylation sites is 1. The van der Waals surface area contributed by atoms with E-state index < -0.39 is 0 Å². The number of rotatable bonds is 1. The molecule has 1 aliphatic heterocycles. The fourth-order valence-electron chi connectivity index (χ4n) is 1.38. The Morgan fingerprint density at radius 2 is 1.93 bits per heavy atom. The average Bonchev–Trinajstić information content (AvgIpc) is 2.23. The minimum atomic E-state index is 0.912. The van der Waals surface area contributed by atoms with Crippen LogP contribution in [0.4, 0.5) is 5.69 Å². The van der Waals surface area contributed by atoms with E-state index >= 15 is 0 Å². The van der Waals surface area contributed by atoms with Crippen molar-refractivity contribution in [2.45, 2.75) is 0 Å². The largest absolute Gasteiger partial charge is 0.343 e. The number of thioether (sulfide) groups is 1. The van der Waals surface area contributed by atoms with Crippen LogP contribution in [-0.2, 0) is 0 Å². The van der Waals surface area contributed by atoms with Gasteiger partial charge in [0.05, 0.1) is 11.8 Å². The molecule has 0 amide bonds. The lowest BCUT2D eigenvalue weighted by atomic mass is 10.3. The van der Waals surface area contributed by atoms with Crippen LogP contribution >= 0.6 is 24.0 Å². The lowest BCUT2D eigenvalue weighted by Crippen LogP contribution is -2.44. The molecule has 0 radical (unpaired) electrons. The van der Waals surface area contributed by atoms with Crippen LogP contribution in [0.5, 0.6) is 0 Å². The van der Waals surface area contributed by atoms with Gasteiger partial charge in [-0.3, -0.25) is 0 Å². The molecule has 2 rings (SSSR count). The van der Waals surface area contributed by atoms with Crippen LogP contribution in [0, 0.1) is 0 Å². The second-order valence-electron chi connectivity index (χ2n) is 3.21. The summed E-state index contributed by atoms with van der Waals surface area (Å²) in [6, 6.07) is 10.3. The summed E-state index contributed by atoms with van der Waals surface area (Å²) in [6.45, 7) is 0. The molecule has 2 nitrogen and oxygen atoms in total. The highest BCUT2D eigenvalue weighted by atomic mass is 32.2. The van der Waals surface area contributed by atoms with E-state index in [1.54, 1.807) is 0 Å². The van der Waals surface area contributed by atoms with E-state index in [0.717, 1.165) is 16.9 Å². The predicted octanol–water partition coefficient (Wildman–Crippen LogP) is 2.37. The Hall–Kier alpha value is -0.740. The highest BCUT2D eigenvalue weighted by Crippen LogP contribution is 2.23. The molecule has 14 heavy (non-hydrogen) atoms. The summed E-state index contributed by atoms with van der Waals surface area (Å²) in [4.78, 5) is 4.25. The van der Waals surface area contributed by atoms with Gasteiger partial charge in [0.1, 0.15) is 0 Å². The fraction of sp³-hybridized carbons (Fsp3) is 0.300. The molecule has 1 saturated heterocycles. The highest BCUT2D eigenvalue weighted by molar-refractivity contribution is 7.99. The Bertz CT molecular complexity index is 326. The van der Waals surface area contributed by atoms with Gasteiger partial charge in [0, 0.05) is 12.7 Å². The number of hydrogen-bond donors (Lipinski definition) is 0. The molecule has 0 bridgehead atoms. The average molecular weight is 224 g/mol. The van der Waals surface area contributed by atoms with Gasteiger partial charge >= 0.3 is 0 Å². The zero-order valence-corrected chi connectivity index (χ0v) is 9.64. The van der Waals surface area contributed by atoms with Crippen molar-refractivity contribution in [3.63, 3.8) is 0 Å². The smallest absolute Gasteiger partial charge is 0.177 e. The van der Waals surface area contributed by atoms with E-state index in [4.69, 9.17) is 12.2 Å². The van der Waals surface area contributed by atoms with Gasteiger partial charge in [-0.15, -0.1) is 11.8 Å². The molecule has 0 saturated carbocycles. The van der Waals surface area contributed by atoms with Crippen LogP contribution in [0.15, 0.2) is 30.3 Å². The van der Waals surface area contributed by atoms with Gasteiger partial charge in [0.2, 0.25) is 0 Å². The summed E-state index contributed by atoms with van der Waals surface area (Å²) in [5.74, 6) is 1.94. The Morgan fingerprint density at radius 3 is 2.64 bits per heavy atom. The van der Waals surface area contributed by atoms with E-state index in [1.807, 2.05) is 37.0 Å². The molecule has 1 aliphatic rings. The third-order valence-electron chi connectivity index (χ3n) is 2.13. The van der Waals surface area contributed by atoms with Crippen molar-refractivity contribution >= 4 is 34.8 Å². The normalized spacial score (nSPS) is 17.4. The molecule has 1 aromatic rings. The van der Waals surface area contributed by atoms with Crippen molar-refractivity contribution in [2.75, 3.05) is 23.7 Å². The topological polar surface area (TPSA) is 6.48 Å². The maximum absolute atomic E-state index is 5.37. The van der Waals surface area contributed by atoms with Crippen molar-refractivity contribution in [3.8, 4) is 0 Å². The van der Waals surface area contributed by atoms with Crippen molar-refractivity contribution in [1.29, 1.82) is 0 Å². The molecule has 0 aromatic heterocycles. The quantitative estimate of drug-likeness (QED) is 0.675. The monoisotopic (exact) mass is 224 g/mol. The van der Waals surface area contributed by atoms with Crippen LogP contribution in [0.1, 0.15) is 0 Å². The van der Waals surface area contributed by atoms with Crippen molar-refractivity contribution < 1.29 is 0 Å². The van der Waals surface area contributed by atoms with Gasteiger partial charge in [-0.25, -0.2) is 0 Å². The van der Waals surface area contributed by atoms with Crippen LogP contribution in [-0.4, -0.2) is 28.8 Å². The number of thiocarbonyl (C=S) groups is 1. The molecule has 0 unspecified atom stereocenters. The molecule has 0 N–H and O–H groups in total. The van der Waals surface area contributed by atoms with Crippen LogP contribution in [0.3, 0.4) is 0 Å². The van der Waals surface area contributed by atoms with Gasteiger partial charge in [-0.2, -0.15) is 0 Å². The van der Waals surface area contributed by atoms with Crippen molar-refractivity contribution in [1.82, 2.24) is 4.90 Å². The first-order valence-corrected chi connectivity index (χ1v) is 6.01. The Morgan fingerprint density at radius 1 is 1.21 bits per heavy atom. The number of hydrogen-bond acceptors (Lipinski definition) is 2. The summed E-state index contributed by atoms with van der Waals surface area (Å²) in [6.07, 6.45) is 0. The van der Waals surface area contributed by atoms with Gasteiger partial charge in [0.25, 0.3) is 0 Å². The second kappa shape index (κ2) is 4.19. The zero-order chi connectivity index (χ0) is 9.97. The van der Waals surface area contributed by atoms with Crippen LogP contribution < -0.4 is 4.90 Å². The number of nitrogens with zero attached hydrogens (tertiary/aromatic N) is 2. The molecule has 74 valence electrons. The molecule has 4 heteroatoms. The Balaban J connectivity index is 2.22. The Kier molecular flexibility index (Phi) is 2.93. The molecular weight excluding hydrogens is 212 g/mol. The molecular formula is C10H12N2S2. The molecule has 1 heterocycles. The van der Waals surface area contributed by atoms with E-state index in [1.165, 1.54) is 5.69 Å². The first kappa shape index (κ1) is 9.80. The fourth-order valence-corrected chi connectivity index (χ4v) is 2.71. The molecule has 1 fully saturated rings. The maximum Gasteiger partial charge on any atom is 0.177 e. The van der Waals surface area contributed by atoms with Crippen LogP contribution in [0.25, 0.3) is 0 Å². The van der Waals surface area contributed by atoms with Crippen molar-refractivity contribution in [2.24, 2.45) is 0 Å². The SMILES string of the molecule is CN1CSCN(c2ccccc2)C1=S. The minimum absolute atomic E-state index is 0.912. The minimum Gasteiger partial charge on any atom is -0.343 e. The van der Waals surface area contributed by atoms with E-state index in [2.05, 4.69) is 21.9 Å². The third kappa shape index (κ3) is 1.86. The number of benzene rings is 1. The molecule has 0 aliphatic carbocycles. The van der Waals surface area contributed by atoms with Gasteiger partial charge in [-0.1, -0.05) is 18.2 Å². The van der Waals surface area contributed by atoms with Gasteiger partial charge in [-0.05, 0) is 24.4 Å². The van der Waals surface area contributed by atoms with E-state index in [-0.39, 0.29) is 0 Å². The van der Waals surface area contributed by atoms with E-state index in [0.29, 0.717) is 0 Å². The Labute approximate surface area is 93.9 Å². The van der Waals surface area contributed by atoms with E-state index in [9.17, 15) is 0 Å². The summed E-state index contributed by atoms with van der Waals surface area (Å²) >= 11 is 7.24. The molecule has 0 atom stereocenters. The summed E-state index contributed by atoms with van der Waals surface area (Å²) in [5.41, 5.74) is 1.18. The molecule has 1 aromatic carbocycles. The second-order valence-corrected chi connectivity index (χ2v) is 4.50. The van der Waals surface area contributed by atoms with Crippen LogP contribution in [0.2, 0.25) is 0 Å². The van der Waals surface area contributed by atoms with Gasteiger partial charge < -0.3 is 9.80 Å². The molecule has 0 spiro atoms. The predicted molar refractivity (Wildman–Crippen MR) is 66.6 cm³/mol. The number of anilines is 1. The lowest BCUT2D eigenvalue weighted by Gasteiger charge is -2.35. The third-order valence-corrected chi connectivity index (χ3v) is 3.67. The summed E-state index contributed by atoms with van der Waals surface area (Å²) < 4.78 is 0. The lowest BCUT2D eigenvalue weighted by molar-refractivity contribution is 0.590. The zero-order valence-electron chi connectivity index (χ0n) is 8.01. The summed E-state index contributed by atoms with van der Waals surface area (Å²) in [7, 11) is 2.03. The standard InChI is InChI=1S/C10H12N2S2/c1-11-7-14-8-12(10(11)13)9-5-3-2-4-6-9/h2-6H,7-8H2,1H3.